The molecule has 0 saturated heterocycles. The van der Waals surface area contributed by atoms with Gasteiger partial charge in [-0.25, -0.2) is 13.9 Å². The zero-order chi connectivity index (χ0) is 21.8. The number of fused-ring (bicyclic) bond motifs is 1. The lowest BCUT2D eigenvalue weighted by Crippen LogP contribution is -2.32. The third-order valence-corrected chi connectivity index (χ3v) is 5.65. The highest BCUT2D eigenvalue weighted by Crippen LogP contribution is 2.44. The molecule has 0 saturated carbocycles. The number of benzene rings is 1. The Hall–Kier alpha value is -2.62. The van der Waals surface area contributed by atoms with E-state index in [-0.39, 0.29) is 40.8 Å². The van der Waals surface area contributed by atoms with E-state index in [2.05, 4.69) is 5.10 Å². The number of nitrogens with zero attached hydrogens (tertiary/aromatic N) is 2. The lowest BCUT2D eigenvalue weighted by molar-refractivity contribution is -0.142. The minimum absolute atomic E-state index is 0.0426. The minimum atomic E-state index is -4.66. The number of ether oxygens (including phenoxy) is 1. The molecule has 156 valence electrons. The van der Waals surface area contributed by atoms with Crippen molar-refractivity contribution in [1.82, 2.24) is 9.78 Å². The summed E-state index contributed by atoms with van der Waals surface area (Å²) in [6, 6.07) is 3.61. The van der Waals surface area contributed by atoms with Crippen molar-refractivity contribution in [3.8, 4) is 5.69 Å². The lowest BCUT2D eigenvalue weighted by Gasteiger charge is -2.35. The van der Waals surface area contributed by atoms with Gasteiger partial charge in [-0.15, -0.1) is 0 Å². The first-order valence-corrected chi connectivity index (χ1v) is 9.40. The molecule has 2 unspecified atom stereocenters. The van der Waals surface area contributed by atoms with Crippen LogP contribution in [0.1, 0.15) is 49.2 Å². The van der Waals surface area contributed by atoms with Gasteiger partial charge in [0, 0.05) is 17.6 Å². The molecular formula is C20H17BF4N2O3. The predicted molar refractivity (Wildman–Crippen MR) is 99.4 cm³/mol. The Morgan fingerprint density at radius 2 is 2.07 bits per heavy atom. The van der Waals surface area contributed by atoms with Crippen molar-refractivity contribution in [2.75, 3.05) is 0 Å². The number of rotatable bonds is 4. The van der Waals surface area contributed by atoms with E-state index in [4.69, 9.17) is 17.7 Å². The van der Waals surface area contributed by atoms with Crippen molar-refractivity contribution in [2.24, 2.45) is 0 Å². The summed E-state index contributed by atoms with van der Waals surface area (Å²) in [5, 5.41) is 12.9. The van der Waals surface area contributed by atoms with Gasteiger partial charge in [0.1, 0.15) is 19.8 Å². The second kappa shape index (κ2) is 7.26. The zero-order valence-electron chi connectivity index (χ0n) is 16.0. The van der Waals surface area contributed by atoms with Crippen molar-refractivity contribution in [3.63, 3.8) is 0 Å². The van der Waals surface area contributed by atoms with Gasteiger partial charge in [0.25, 0.3) is 0 Å². The highest BCUT2D eigenvalue weighted by atomic mass is 19.4. The van der Waals surface area contributed by atoms with Crippen LogP contribution in [-0.2, 0) is 22.1 Å². The van der Waals surface area contributed by atoms with Crippen molar-refractivity contribution < 1.29 is 32.2 Å². The highest BCUT2D eigenvalue weighted by Gasteiger charge is 2.43. The van der Waals surface area contributed by atoms with Crippen molar-refractivity contribution in [3.05, 3.63) is 52.1 Å². The molecule has 0 spiro atoms. The van der Waals surface area contributed by atoms with E-state index in [9.17, 15) is 22.4 Å². The van der Waals surface area contributed by atoms with Gasteiger partial charge in [-0.05, 0) is 50.0 Å². The van der Waals surface area contributed by atoms with E-state index in [0.717, 1.165) is 10.7 Å². The molecule has 0 fully saturated rings. The Morgan fingerprint density at radius 1 is 1.33 bits per heavy atom. The van der Waals surface area contributed by atoms with E-state index in [0.29, 0.717) is 18.4 Å². The minimum Gasteiger partial charge on any atom is -0.478 e. The Kier molecular flexibility index (Phi) is 5.00. The fraction of sp³-hybridized carbons (Fsp3) is 0.400. The molecule has 1 N–H and O–H groups in total. The molecule has 4 rings (SSSR count). The van der Waals surface area contributed by atoms with Crippen LogP contribution < -0.4 is 5.46 Å². The standard InChI is InChI=1S/C20H17BF4N2O3/c1-9-12(19(28)29)8-16(9)30-15-4-2-3-11-17(15)27(26-18(11)20(23,24)25)10-5-6-14(22)13(21)7-10/h5-7,15-16H,2-4,8H2,1H3,(H,28,29). The number of aliphatic carboxylic acids is 1. The van der Waals surface area contributed by atoms with Crippen molar-refractivity contribution in [1.29, 1.82) is 0 Å². The summed E-state index contributed by atoms with van der Waals surface area (Å²) in [6.45, 7) is 1.64. The molecule has 0 aliphatic heterocycles. The van der Waals surface area contributed by atoms with Crippen LogP contribution in [0.3, 0.4) is 0 Å². The summed E-state index contributed by atoms with van der Waals surface area (Å²) >= 11 is 0. The largest absolute Gasteiger partial charge is 0.478 e. The number of carboxylic acids is 1. The first-order valence-electron chi connectivity index (χ1n) is 9.40. The number of alkyl halides is 3. The zero-order valence-corrected chi connectivity index (χ0v) is 16.0. The third-order valence-electron chi connectivity index (χ3n) is 5.65. The van der Waals surface area contributed by atoms with Crippen LogP contribution in [0.4, 0.5) is 17.6 Å². The van der Waals surface area contributed by atoms with E-state index in [1.807, 2.05) is 0 Å². The summed E-state index contributed by atoms with van der Waals surface area (Å²) in [7, 11) is 5.60. The Bertz CT molecular complexity index is 1060. The number of carboxylic acid groups (broad SMARTS) is 1. The Labute approximate surface area is 170 Å². The van der Waals surface area contributed by atoms with E-state index in [1.165, 1.54) is 12.1 Å². The van der Waals surface area contributed by atoms with Gasteiger partial charge in [0.2, 0.25) is 0 Å². The van der Waals surface area contributed by atoms with Gasteiger partial charge in [-0.1, -0.05) is 5.46 Å². The summed E-state index contributed by atoms with van der Waals surface area (Å²) in [5.41, 5.74) is 0.0957. The molecule has 1 aromatic carbocycles. The van der Waals surface area contributed by atoms with E-state index < -0.39 is 35.9 Å². The SMILES string of the molecule is [B]c1cc(-n2nc(C(F)(F)F)c3c2C(OC2CC(C(=O)O)=C2C)CCC3)ccc1F. The van der Waals surface area contributed by atoms with Gasteiger partial charge in [-0.3, -0.25) is 0 Å². The first kappa shape index (κ1) is 20.6. The van der Waals surface area contributed by atoms with Crippen molar-refractivity contribution >= 4 is 19.3 Å². The molecule has 0 bridgehead atoms. The third kappa shape index (κ3) is 3.43. The fourth-order valence-corrected chi connectivity index (χ4v) is 4.03. The van der Waals surface area contributed by atoms with Gasteiger partial charge >= 0.3 is 12.1 Å². The number of hydrogen-bond acceptors (Lipinski definition) is 3. The van der Waals surface area contributed by atoms with Crippen molar-refractivity contribution in [2.45, 2.75) is 51.0 Å². The van der Waals surface area contributed by atoms with Gasteiger partial charge < -0.3 is 9.84 Å². The van der Waals surface area contributed by atoms with Crippen LogP contribution in [0.5, 0.6) is 0 Å². The second-order valence-corrected chi connectivity index (χ2v) is 7.50. The number of hydrogen-bond donors (Lipinski definition) is 1. The van der Waals surface area contributed by atoms with Crippen LogP contribution in [0.15, 0.2) is 29.3 Å². The average Bonchev–Trinajstić information content (AvgIpc) is 3.07. The molecule has 30 heavy (non-hydrogen) atoms. The number of carbonyl (C=O) groups is 1. The Balaban J connectivity index is 1.78. The molecule has 2 radical (unpaired) electrons. The van der Waals surface area contributed by atoms with Gasteiger partial charge in [0.15, 0.2) is 5.69 Å². The summed E-state index contributed by atoms with van der Waals surface area (Å²) in [6.07, 6.45) is -4.55. The first-order chi connectivity index (χ1) is 14.1. The molecular weight excluding hydrogens is 403 g/mol. The maximum Gasteiger partial charge on any atom is 0.435 e. The van der Waals surface area contributed by atoms with Gasteiger partial charge in [0.05, 0.1) is 17.5 Å². The molecule has 0 amide bonds. The molecule has 1 aromatic heterocycles. The maximum absolute atomic E-state index is 13.6. The topological polar surface area (TPSA) is 64.4 Å². The van der Waals surface area contributed by atoms with E-state index in [1.54, 1.807) is 6.92 Å². The molecule has 1 heterocycles. The quantitative estimate of drug-likeness (QED) is 0.609. The van der Waals surface area contributed by atoms with Crippen LogP contribution in [0.2, 0.25) is 0 Å². The molecule has 2 aliphatic carbocycles. The van der Waals surface area contributed by atoms with Crippen LogP contribution in [0.25, 0.3) is 5.69 Å². The number of halogens is 4. The van der Waals surface area contributed by atoms with Crippen LogP contribution in [0, 0.1) is 5.82 Å². The fourth-order valence-electron chi connectivity index (χ4n) is 4.03. The van der Waals surface area contributed by atoms with Crippen LogP contribution >= 0.6 is 0 Å². The predicted octanol–water partition coefficient (Wildman–Crippen LogP) is 3.39. The average molecular weight is 420 g/mol. The normalized spacial score (nSPS) is 21.4. The summed E-state index contributed by atoms with van der Waals surface area (Å²) in [4.78, 5) is 11.1. The molecule has 5 nitrogen and oxygen atoms in total. The summed E-state index contributed by atoms with van der Waals surface area (Å²) in [5.74, 6) is -1.71. The van der Waals surface area contributed by atoms with E-state index >= 15 is 0 Å². The highest BCUT2D eigenvalue weighted by molar-refractivity contribution is 6.32. The van der Waals surface area contributed by atoms with Gasteiger partial charge in [-0.2, -0.15) is 18.3 Å². The maximum atomic E-state index is 13.6. The number of aromatic nitrogens is 2. The van der Waals surface area contributed by atoms with Crippen LogP contribution in [-0.4, -0.2) is 34.8 Å². The molecule has 2 aliphatic rings. The second-order valence-electron chi connectivity index (χ2n) is 7.50. The monoisotopic (exact) mass is 420 g/mol. The smallest absolute Gasteiger partial charge is 0.435 e. The summed E-state index contributed by atoms with van der Waals surface area (Å²) < 4.78 is 61.7. The Morgan fingerprint density at radius 3 is 2.67 bits per heavy atom. The lowest BCUT2D eigenvalue weighted by atomic mass is 9.85. The molecule has 10 heteroatoms. The molecule has 2 atom stereocenters. The molecule has 2 aromatic rings.